The molecule has 2 N–H and O–H groups in total. The maximum atomic E-state index is 13.4. The molecule has 0 aliphatic rings. The number of nitrogens with zero attached hydrogens (tertiary/aromatic N) is 7. The summed E-state index contributed by atoms with van der Waals surface area (Å²) in [6.45, 7) is 4.23. The number of nitrogens with one attached hydrogen (secondary N) is 1. The summed E-state index contributed by atoms with van der Waals surface area (Å²) in [5, 5.41) is 24.5. The number of aromatic nitrogens is 7. The molecule has 10 nitrogen and oxygen atoms in total. The van der Waals surface area contributed by atoms with Crippen molar-refractivity contribution in [1.29, 1.82) is 0 Å². The summed E-state index contributed by atoms with van der Waals surface area (Å²) in [6, 6.07) is 7.33. The lowest BCUT2D eigenvalue weighted by atomic mass is 9.95. The maximum Gasteiger partial charge on any atom is 0.259 e. The summed E-state index contributed by atoms with van der Waals surface area (Å²) in [4.78, 5) is 22.1. The average molecular weight is 493 g/mol. The molecule has 0 spiro atoms. The summed E-state index contributed by atoms with van der Waals surface area (Å²) in [6.07, 6.45) is 3.36. The van der Waals surface area contributed by atoms with Crippen molar-refractivity contribution < 1.29 is 5.11 Å². The lowest BCUT2D eigenvalue weighted by Crippen LogP contribution is -2.21. The van der Waals surface area contributed by atoms with Crippen molar-refractivity contribution in [1.82, 2.24) is 34.1 Å². The van der Waals surface area contributed by atoms with Crippen LogP contribution in [-0.4, -0.2) is 45.8 Å². The van der Waals surface area contributed by atoms with Gasteiger partial charge >= 0.3 is 0 Å². The Kier molecular flexibility index (Phi) is 5.78. The predicted octanol–water partition coefficient (Wildman–Crippen LogP) is 3.21. The molecule has 11 heteroatoms. The summed E-state index contributed by atoms with van der Waals surface area (Å²) >= 11 is 6.19. The van der Waals surface area contributed by atoms with Crippen LogP contribution >= 0.6 is 11.6 Å². The largest absolute Gasteiger partial charge is 0.394 e. The molecule has 0 amide bonds. The van der Waals surface area contributed by atoms with Crippen molar-refractivity contribution in [3.05, 3.63) is 63.4 Å². The molecular formula is C24H25ClN8O2. The molecule has 4 aromatic heterocycles. The molecule has 5 aromatic rings. The van der Waals surface area contributed by atoms with Gasteiger partial charge in [0.1, 0.15) is 22.8 Å². The number of hydrogen-bond donors (Lipinski definition) is 2. The van der Waals surface area contributed by atoms with Gasteiger partial charge < -0.3 is 10.4 Å². The van der Waals surface area contributed by atoms with E-state index in [1.165, 1.54) is 0 Å². The number of pyridine rings is 2. The van der Waals surface area contributed by atoms with E-state index in [1.54, 1.807) is 46.6 Å². The SMILES string of the molecule is Cc1cc(C(C)Nc2ccc(Cl)nc2-c2ncn(C)n2)c2c(c1)c(=O)n(C)c1c2cnn1CCO. The zero-order valence-corrected chi connectivity index (χ0v) is 20.6. The molecule has 35 heavy (non-hydrogen) atoms. The number of halogens is 1. The number of hydrogen-bond acceptors (Lipinski definition) is 7. The minimum atomic E-state index is -0.209. The Labute approximate surface area is 205 Å². The van der Waals surface area contributed by atoms with E-state index in [-0.39, 0.29) is 18.2 Å². The second-order valence-corrected chi connectivity index (χ2v) is 8.99. The van der Waals surface area contributed by atoms with Gasteiger partial charge in [-0.25, -0.2) is 14.6 Å². The van der Waals surface area contributed by atoms with Crippen LogP contribution in [0.5, 0.6) is 0 Å². The fraction of sp³-hybridized carbons (Fsp3) is 0.292. The first-order valence-corrected chi connectivity index (χ1v) is 11.5. The molecule has 0 bridgehead atoms. The van der Waals surface area contributed by atoms with Crippen molar-refractivity contribution in [2.45, 2.75) is 26.4 Å². The molecule has 0 fully saturated rings. The summed E-state index contributed by atoms with van der Waals surface area (Å²) in [5.74, 6) is 0.459. The molecule has 1 atom stereocenters. The molecule has 5 rings (SSSR count). The van der Waals surface area contributed by atoms with E-state index in [2.05, 4.69) is 31.5 Å². The van der Waals surface area contributed by atoms with Gasteiger partial charge in [0.2, 0.25) is 5.82 Å². The first-order valence-electron chi connectivity index (χ1n) is 11.2. The van der Waals surface area contributed by atoms with Crippen LogP contribution in [0.1, 0.15) is 24.1 Å². The Morgan fingerprint density at radius 3 is 2.71 bits per heavy atom. The van der Waals surface area contributed by atoms with E-state index in [4.69, 9.17) is 11.6 Å². The van der Waals surface area contributed by atoms with E-state index >= 15 is 0 Å². The normalized spacial score (nSPS) is 12.5. The smallest absolute Gasteiger partial charge is 0.259 e. The lowest BCUT2D eigenvalue weighted by Gasteiger charge is -2.21. The van der Waals surface area contributed by atoms with Crippen LogP contribution in [0.3, 0.4) is 0 Å². The highest BCUT2D eigenvalue weighted by Crippen LogP contribution is 2.34. The quantitative estimate of drug-likeness (QED) is 0.350. The number of aryl methyl sites for hydroxylation is 3. The Morgan fingerprint density at radius 1 is 1.20 bits per heavy atom. The van der Waals surface area contributed by atoms with Crippen LogP contribution in [0.15, 0.2) is 41.6 Å². The van der Waals surface area contributed by atoms with Crippen molar-refractivity contribution in [3.63, 3.8) is 0 Å². The molecular weight excluding hydrogens is 468 g/mol. The Morgan fingerprint density at radius 2 is 2.00 bits per heavy atom. The minimum absolute atomic E-state index is 0.0738. The van der Waals surface area contributed by atoms with Crippen molar-refractivity contribution in [3.8, 4) is 11.5 Å². The average Bonchev–Trinajstić information content (AvgIpc) is 3.44. The van der Waals surface area contributed by atoms with E-state index in [0.29, 0.717) is 34.2 Å². The van der Waals surface area contributed by atoms with Crippen LogP contribution in [0, 0.1) is 6.92 Å². The number of aliphatic hydroxyl groups excluding tert-OH is 1. The fourth-order valence-corrected chi connectivity index (χ4v) is 4.70. The first-order chi connectivity index (χ1) is 16.8. The molecule has 0 saturated carbocycles. The zero-order valence-electron chi connectivity index (χ0n) is 19.8. The zero-order chi connectivity index (χ0) is 24.9. The van der Waals surface area contributed by atoms with Crippen molar-refractivity contribution in [2.24, 2.45) is 14.1 Å². The minimum Gasteiger partial charge on any atom is -0.394 e. The highest BCUT2D eigenvalue weighted by Gasteiger charge is 2.21. The number of benzene rings is 1. The van der Waals surface area contributed by atoms with E-state index in [0.717, 1.165) is 27.6 Å². The van der Waals surface area contributed by atoms with Crippen molar-refractivity contribution >= 4 is 39.1 Å². The fourth-order valence-electron chi connectivity index (χ4n) is 4.55. The standard InChI is InChI=1S/C24H25ClN8O2/c1-13-9-15(14(2)28-18-5-6-19(25)29-21(18)22-26-12-31(3)30-22)20-16(10-13)24(35)32(4)23-17(20)11-27-33(23)7-8-34/h5-6,9-12,14,28,34H,7-8H2,1-4H3. The van der Waals surface area contributed by atoms with E-state index < -0.39 is 0 Å². The van der Waals surface area contributed by atoms with Crippen molar-refractivity contribution in [2.75, 3.05) is 11.9 Å². The highest BCUT2D eigenvalue weighted by atomic mass is 35.5. The van der Waals surface area contributed by atoms with Gasteiger partial charge in [-0.3, -0.25) is 14.0 Å². The van der Waals surface area contributed by atoms with Gasteiger partial charge in [-0.05, 0) is 43.2 Å². The van der Waals surface area contributed by atoms with E-state index in [9.17, 15) is 9.90 Å². The summed E-state index contributed by atoms with van der Waals surface area (Å²) in [5.41, 5.74) is 3.73. The second-order valence-electron chi connectivity index (χ2n) is 8.61. The predicted molar refractivity (Wildman–Crippen MR) is 136 cm³/mol. The molecule has 180 valence electrons. The van der Waals surface area contributed by atoms with Crippen LogP contribution in [0.2, 0.25) is 5.15 Å². The van der Waals surface area contributed by atoms with Crippen LogP contribution in [-0.2, 0) is 20.6 Å². The molecule has 1 aromatic carbocycles. The van der Waals surface area contributed by atoms with Gasteiger partial charge in [0, 0.05) is 36.3 Å². The van der Waals surface area contributed by atoms with Crippen LogP contribution < -0.4 is 10.9 Å². The highest BCUT2D eigenvalue weighted by molar-refractivity contribution is 6.29. The number of fused-ring (bicyclic) bond motifs is 3. The second kappa shape index (κ2) is 8.79. The third kappa shape index (κ3) is 3.94. The summed E-state index contributed by atoms with van der Waals surface area (Å²) in [7, 11) is 3.52. The third-order valence-electron chi connectivity index (χ3n) is 6.07. The third-order valence-corrected chi connectivity index (χ3v) is 6.28. The van der Waals surface area contributed by atoms with Gasteiger partial charge in [0.15, 0.2) is 0 Å². The lowest BCUT2D eigenvalue weighted by molar-refractivity contribution is 0.271. The summed E-state index contributed by atoms with van der Waals surface area (Å²) < 4.78 is 4.86. The topological polar surface area (TPSA) is 116 Å². The Balaban J connectivity index is 1.69. The van der Waals surface area contributed by atoms with Gasteiger partial charge in [-0.1, -0.05) is 17.7 Å². The van der Waals surface area contributed by atoms with Crippen LogP contribution in [0.25, 0.3) is 33.3 Å². The molecule has 4 heterocycles. The molecule has 0 radical (unpaired) electrons. The molecule has 1 unspecified atom stereocenters. The molecule has 0 aliphatic carbocycles. The maximum absolute atomic E-state index is 13.4. The Bertz CT molecular complexity index is 1630. The first kappa shape index (κ1) is 23.0. The van der Waals surface area contributed by atoms with Gasteiger partial charge in [-0.15, -0.1) is 5.10 Å². The Hall–Kier alpha value is -3.76. The van der Waals surface area contributed by atoms with Gasteiger partial charge in [-0.2, -0.15) is 5.10 Å². The van der Waals surface area contributed by atoms with Gasteiger partial charge in [0.25, 0.3) is 5.56 Å². The number of anilines is 1. The number of aliphatic hydroxyl groups is 1. The van der Waals surface area contributed by atoms with Gasteiger partial charge in [0.05, 0.1) is 25.0 Å². The van der Waals surface area contributed by atoms with E-state index in [1.807, 2.05) is 26.0 Å². The molecule has 0 saturated heterocycles. The van der Waals surface area contributed by atoms with Crippen LogP contribution in [0.4, 0.5) is 5.69 Å². The monoisotopic (exact) mass is 492 g/mol. The molecule has 0 aliphatic heterocycles. The number of rotatable bonds is 6.